The standard InChI is InChI=1S/C12H19BO5/c1-3-17-7-4-8-18-12-6-5-10(16-2)9-11(12)13(14)15/h5-6,9,14-15H,3-4,7-8H2,1-2H3. The van der Waals surface area contributed by atoms with E-state index < -0.39 is 7.12 Å². The Labute approximate surface area is 107 Å². The lowest BCUT2D eigenvalue weighted by Gasteiger charge is -2.12. The lowest BCUT2D eigenvalue weighted by molar-refractivity contribution is 0.131. The molecule has 0 aliphatic rings. The van der Waals surface area contributed by atoms with Gasteiger partial charge >= 0.3 is 7.12 Å². The second-order valence-electron chi connectivity index (χ2n) is 3.68. The Morgan fingerprint density at radius 2 is 2.00 bits per heavy atom. The highest BCUT2D eigenvalue weighted by atomic mass is 16.5. The van der Waals surface area contributed by atoms with Crippen molar-refractivity contribution in [2.45, 2.75) is 13.3 Å². The normalized spacial score (nSPS) is 10.2. The zero-order chi connectivity index (χ0) is 13.4. The van der Waals surface area contributed by atoms with E-state index in [1.54, 1.807) is 18.2 Å². The number of ether oxygens (including phenoxy) is 3. The van der Waals surface area contributed by atoms with Crippen LogP contribution >= 0.6 is 0 Å². The molecule has 0 heterocycles. The van der Waals surface area contributed by atoms with E-state index in [0.29, 0.717) is 36.8 Å². The van der Waals surface area contributed by atoms with Crippen molar-refractivity contribution in [3.8, 4) is 11.5 Å². The molecule has 2 N–H and O–H groups in total. The summed E-state index contributed by atoms with van der Waals surface area (Å²) < 4.78 is 15.7. The molecule has 5 nitrogen and oxygen atoms in total. The van der Waals surface area contributed by atoms with E-state index in [4.69, 9.17) is 14.2 Å². The molecule has 0 amide bonds. The fourth-order valence-electron chi connectivity index (χ4n) is 1.47. The molecule has 0 radical (unpaired) electrons. The van der Waals surface area contributed by atoms with Crippen LogP contribution in [0.1, 0.15) is 13.3 Å². The van der Waals surface area contributed by atoms with Gasteiger partial charge in [0.2, 0.25) is 0 Å². The molecular weight excluding hydrogens is 235 g/mol. The Balaban J connectivity index is 2.58. The van der Waals surface area contributed by atoms with Crippen LogP contribution in [0.5, 0.6) is 11.5 Å². The van der Waals surface area contributed by atoms with Gasteiger partial charge in [-0.15, -0.1) is 0 Å². The first-order valence-electron chi connectivity index (χ1n) is 5.93. The molecule has 0 bridgehead atoms. The average Bonchev–Trinajstić information content (AvgIpc) is 2.38. The van der Waals surface area contributed by atoms with Crippen molar-refractivity contribution in [2.75, 3.05) is 26.9 Å². The third-order valence-electron chi connectivity index (χ3n) is 2.39. The van der Waals surface area contributed by atoms with Gasteiger partial charge in [-0.25, -0.2) is 0 Å². The van der Waals surface area contributed by atoms with Crippen molar-refractivity contribution in [3.05, 3.63) is 18.2 Å². The maximum atomic E-state index is 9.26. The molecule has 1 aromatic carbocycles. The molecule has 0 aromatic heterocycles. The summed E-state index contributed by atoms with van der Waals surface area (Å²) in [6, 6.07) is 4.92. The number of rotatable bonds is 8. The summed E-state index contributed by atoms with van der Waals surface area (Å²) in [7, 11) is -0.0622. The molecule has 0 aliphatic heterocycles. The van der Waals surface area contributed by atoms with Crippen molar-refractivity contribution in [3.63, 3.8) is 0 Å². The summed E-state index contributed by atoms with van der Waals surface area (Å²) in [6.45, 7) is 3.71. The zero-order valence-corrected chi connectivity index (χ0v) is 10.8. The summed E-state index contributed by atoms with van der Waals surface area (Å²) in [4.78, 5) is 0. The first kappa shape index (κ1) is 14.8. The third-order valence-corrected chi connectivity index (χ3v) is 2.39. The van der Waals surface area contributed by atoms with Crippen LogP contribution in [0.25, 0.3) is 0 Å². The second kappa shape index (κ2) is 7.97. The van der Waals surface area contributed by atoms with Gasteiger partial charge in [0, 0.05) is 25.1 Å². The number of methoxy groups -OCH3 is 1. The van der Waals surface area contributed by atoms with Crippen molar-refractivity contribution >= 4 is 12.6 Å². The van der Waals surface area contributed by atoms with Gasteiger partial charge in [0.1, 0.15) is 11.5 Å². The quantitative estimate of drug-likeness (QED) is 0.511. The van der Waals surface area contributed by atoms with E-state index in [1.165, 1.54) is 7.11 Å². The highest BCUT2D eigenvalue weighted by molar-refractivity contribution is 6.59. The lowest BCUT2D eigenvalue weighted by Crippen LogP contribution is -2.31. The molecule has 6 heteroatoms. The Bertz CT molecular complexity index is 356. The maximum absolute atomic E-state index is 9.26. The van der Waals surface area contributed by atoms with Crippen LogP contribution in [0, 0.1) is 0 Å². The highest BCUT2D eigenvalue weighted by Crippen LogP contribution is 2.15. The summed E-state index contributed by atoms with van der Waals surface area (Å²) in [5.41, 5.74) is 0.297. The van der Waals surface area contributed by atoms with Gasteiger partial charge in [0.15, 0.2) is 0 Å². The molecule has 0 saturated carbocycles. The Morgan fingerprint density at radius 3 is 2.61 bits per heavy atom. The van der Waals surface area contributed by atoms with Crippen LogP contribution in [-0.2, 0) is 4.74 Å². The minimum Gasteiger partial charge on any atom is -0.497 e. The Hall–Kier alpha value is -1.24. The molecule has 0 unspecified atom stereocenters. The van der Waals surface area contributed by atoms with E-state index in [0.717, 1.165) is 6.42 Å². The van der Waals surface area contributed by atoms with E-state index in [2.05, 4.69) is 0 Å². The Kier molecular flexibility index (Phi) is 6.56. The van der Waals surface area contributed by atoms with Gasteiger partial charge in [0.05, 0.1) is 13.7 Å². The summed E-state index contributed by atoms with van der Waals surface area (Å²) in [5, 5.41) is 18.5. The van der Waals surface area contributed by atoms with Gasteiger partial charge in [0.25, 0.3) is 0 Å². The molecule has 0 aliphatic carbocycles. The monoisotopic (exact) mass is 254 g/mol. The van der Waals surface area contributed by atoms with E-state index >= 15 is 0 Å². The van der Waals surface area contributed by atoms with Crippen LogP contribution in [-0.4, -0.2) is 44.1 Å². The fourth-order valence-corrected chi connectivity index (χ4v) is 1.47. The minimum absolute atomic E-state index is 0.297. The predicted molar refractivity (Wildman–Crippen MR) is 69.4 cm³/mol. The SMILES string of the molecule is CCOCCCOc1ccc(OC)cc1B(O)O. The van der Waals surface area contributed by atoms with Crippen molar-refractivity contribution < 1.29 is 24.3 Å². The van der Waals surface area contributed by atoms with Gasteiger partial charge in [-0.05, 0) is 25.1 Å². The van der Waals surface area contributed by atoms with Crippen LogP contribution in [0.3, 0.4) is 0 Å². The number of hydrogen-bond donors (Lipinski definition) is 2. The van der Waals surface area contributed by atoms with Crippen molar-refractivity contribution in [1.82, 2.24) is 0 Å². The molecule has 18 heavy (non-hydrogen) atoms. The zero-order valence-electron chi connectivity index (χ0n) is 10.8. The molecule has 0 spiro atoms. The van der Waals surface area contributed by atoms with Crippen LogP contribution < -0.4 is 14.9 Å². The molecule has 0 fully saturated rings. The van der Waals surface area contributed by atoms with Crippen LogP contribution in [0.4, 0.5) is 0 Å². The first-order valence-corrected chi connectivity index (χ1v) is 5.93. The summed E-state index contributed by atoms with van der Waals surface area (Å²) >= 11 is 0. The topological polar surface area (TPSA) is 68.2 Å². The first-order chi connectivity index (χ1) is 8.69. The van der Waals surface area contributed by atoms with Crippen molar-refractivity contribution in [1.29, 1.82) is 0 Å². The molecule has 100 valence electrons. The largest absolute Gasteiger partial charge is 0.497 e. The van der Waals surface area contributed by atoms with Crippen molar-refractivity contribution in [2.24, 2.45) is 0 Å². The summed E-state index contributed by atoms with van der Waals surface area (Å²) in [6.07, 6.45) is 0.751. The highest BCUT2D eigenvalue weighted by Gasteiger charge is 2.18. The van der Waals surface area contributed by atoms with Gasteiger partial charge in [-0.1, -0.05) is 0 Å². The minimum atomic E-state index is -1.58. The van der Waals surface area contributed by atoms with E-state index in [9.17, 15) is 10.0 Å². The lowest BCUT2D eigenvalue weighted by atomic mass is 9.79. The maximum Gasteiger partial charge on any atom is 0.492 e. The predicted octanol–water partition coefficient (Wildman–Crippen LogP) is 0.180. The average molecular weight is 254 g/mol. The second-order valence-corrected chi connectivity index (χ2v) is 3.68. The number of benzene rings is 1. The van der Waals surface area contributed by atoms with E-state index in [-0.39, 0.29) is 0 Å². The third kappa shape index (κ3) is 4.56. The van der Waals surface area contributed by atoms with Gasteiger partial charge in [-0.2, -0.15) is 0 Å². The molecule has 0 atom stereocenters. The molecule has 0 saturated heterocycles. The Morgan fingerprint density at radius 1 is 1.22 bits per heavy atom. The molecular formula is C12H19BO5. The van der Waals surface area contributed by atoms with Gasteiger partial charge < -0.3 is 24.3 Å². The summed E-state index contributed by atoms with van der Waals surface area (Å²) in [5.74, 6) is 1.00. The van der Waals surface area contributed by atoms with Gasteiger partial charge in [-0.3, -0.25) is 0 Å². The van der Waals surface area contributed by atoms with Crippen LogP contribution in [0.2, 0.25) is 0 Å². The smallest absolute Gasteiger partial charge is 0.492 e. The van der Waals surface area contributed by atoms with E-state index in [1.807, 2.05) is 6.92 Å². The van der Waals surface area contributed by atoms with Crippen LogP contribution in [0.15, 0.2) is 18.2 Å². The molecule has 1 aromatic rings. The number of hydrogen-bond acceptors (Lipinski definition) is 5. The fraction of sp³-hybridized carbons (Fsp3) is 0.500. The molecule has 1 rings (SSSR count).